The Morgan fingerprint density at radius 3 is 2.77 bits per heavy atom. The Morgan fingerprint density at radius 2 is 2.08 bits per heavy atom. The lowest BCUT2D eigenvalue weighted by molar-refractivity contribution is -0.384. The number of halogens is 1. The van der Waals surface area contributed by atoms with Gasteiger partial charge >= 0.3 is 0 Å². The van der Waals surface area contributed by atoms with E-state index >= 15 is 0 Å². The summed E-state index contributed by atoms with van der Waals surface area (Å²) >= 11 is 14.2. The van der Waals surface area contributed by atoms with E-state index in [1.165, 1.54) is 29.2 Å². The molecule has 0 radical (unpaired) electrons. The number of hydrogen-bond acceptors (Lipinski definition) is 6. The van der Waals surface area contributed by atoms with Crippen LogP contribution in [-0.4, -0.2) is 21.4 Å². The molecule has 2 aromatic rings. The van der Waals surface area contributed by atoms with E-state index < -0.39 is 4.92 Å². The third-order valence-corrected chi connectivity index (χ3v) is 5.95. The minimum atomic E-state index is -0.507. The predicted octanol–water partition coefficient (Wildman–Crippen LogP) is 5.38. The van der Waals surface area contributed by atoms with Gasteiger partial charge in [0.15, 0.2) is 4.32 Å². The summed E-state index contributed by atoms with van der Waals surface area (Å²) in [4.78, 5) is 26.1. The van der Waals surface area contributed by atoms with Gasteiger partial charge in [-0.05, 0) is 36.6 Å². The van der Waals surface area contributed by atoms with Gasteiger partial charge in [-0.2, -0.15) is 0 Å². The quantitative estimate of drug-likeness (QED) is 0.217. The number of carbonyl (C=O) groups excluding carboxylic acids is 1. The van der Waals surface area contributed by atoms with E-state index in [0.717, 1.165) is 16.7 Å². The summed E-state index contributed by atoms with van der Waals surface area (Å²) in [7, 11) is 0. The summed E-state index contributed by atoms with van der Waals surface area (Å²) in [6.45, 7) is 0. The predicted molar refractivity (Wildman–Crippen MR) is 112 cm³/mol. The molecule has 5 nitrogen and oxygen atoms in total. The first-order chi connectivity index (χ1) is 12.4. The average molecular weight is 423 g/mol. The van der Waals surface area contributed by atoms with Crippen molar-refractivity contribution < 1.29 is 9.72 Å². The van der Waals surface area contributed by atoms with Crippen molar-refractivity contribution in [2.75, 3.05) is 11.2 Å². The molecule has 3 rings (SSSR count). The standard InChI is InChI=1S/C17H11ClN2O3S3/c1-25-13-4-2-3-11(9-13)19-16(21)15(26-17(19)24)8-10-7-12(20(22)23)5-6-14(10)18/h2-9H,1H3/b15-8-. The first-order valence-electron chi connectivity index (χ1n) is 7.26. The Bertz CT molecular complexity index is 962. The van der Waals surface area contributed by atoms with Crippen LogP contribution in [0, 0.1) is 10.1 Å². The Hall–Kier alpha value is -1.87. The Morgan fingerprint density at radius 1 is 1.31 bits per heavy atom. The number of thiocarbonyl (C=S) groups is 1. The minimum Gasteiger partial charge on any atom is -0.268 e. The van der Waals surface area contributed by atoms with Crippen molar-refractivity contribution in [2.24, 2.45) is 0 Å². The molecular formula is C17H11ClN2O3S3. The molecule has 0 bridgehead atoms. The molecule has 0 aromatic heterocycles. The van der Waals surface area contributed by atoms with Crippen molar-refractivity contribution in [1.29, 1.82) is 0 Å². The molecule has 0 atom stereocenters. The molecule has 0 aliphatic carbocycles. The number of amides is 1. The first kappa shape index (κ1) is 18.9. The van der Waals surface area contributed by atoms with Crippen molar-refractivity contribution in [2.45, 2.75) is 4.90 Å². The SMILES string of the molecule is CSc1cccc(N2C(=O)/C(=C/c3cc([N+](=O)[O-])ccc3Cl)SC2=S)c1. The fraction of sp³-hybridized carbons (Fsp3) is 0.0588. The monoisotopic (exact) mass is 422 g/mol. The van der Waals surface area contributed by atoms with E-state index in [1.54, 1.807) is 11.8 Å². The number of nitrogens with zero attached hydrogens (tertiary/aromatic N) is 2. The van der Waals surface area contributed by atoms with Crippen molar-refractivity contribution in [3.8, 4) is 0 Å². The molecule has 9 heteroatoms. The van der Waals surface area contributed by atoms with Gasteiger partial charge in [-0.15, -0.1) is 11.8 Å². The number of anilines is 1. The van der Waals surface area contributed by atoms with Gasteiger partial charge in [0.2, 0.25) is 0 Å². The fourth-order valence-corrected chi connectivity index (χ4v) is 4.25. The second kappa shape index (κ2) is 7.79. The maximum absolute atomic E-state index is 12.8. The van der Waals surface area contributed by atoms with Gasteiger partial charge in [0.1, 0.15) is 0 Å². The minimum absolute atomic E-state index is 0.0937. The smallest absolute Gasteiger partial charge is 0.268 e. The third kappa shape index (κ3) is 3.78. The summed E-state index contributed by atoms with van der Waals surface area (Å²) in [6.07, 6.45) is 3.49. The van der Waals surface area contributed by atoms with Crippen LogP contribution in [0.3, 0.4) is 0 Å². The number of thioether (sulfide) groups is 2. The second-order valence-corrected chi connectivity index (χ2v) is 8.14. The number of nitro benzene ring substituents is 1. The van der Waals surface area contributed by atoms with Gasteiger partial charge < -0.3 is 0 Å². The molecule has 26 heavy (non-hydrogen) atoms. The molecule has 0 spiro atoms. The summed E-state index contributed by atoms with van der Waals surface area (Å²) < 4.78 is 0.404. The fourth-order valence-electron chi connectivity index (χ4n) is 2.34. The molecule has 2 aromatic carbocycles. The molecule has 0 N–H and O–H groups in total. The van der Waals surface area contributed by atoms with Gasteiger partial charge in [0.05, 0.1) is 15.5 Å². The molecule has 1 aliphatic rings. The van der Waals surface area contributed by atoms with E-state index in [0.29, 0.717) is 25.5 Å². The maximum atomic E-state index is 12.8. The van der Waals surface area contributed by atoms with Gasteiger partial charge in [-0.25, -0.2) is 0 Å². The van der Waals surface area contributed by atoms with E-state index in [4.69, 9.17) is 23.8 Å². The molecule has 1 amide bonds. The van der Waals surface area contributed by atoms with Gasteiger partial charge in [-0.1, -0.05) is 41.6 Å². The third-order valence-electron chi connectivity index (χ3n) is 3.58. The summed E-state index contributed by atoms with van der Waals surface area (Å²) in [5.74, 6) is -0.277. The maximum Gasteiger partial charge on any atom is 0.270 e. The number of non-ortho nitro benzene ring substituents is 1. The van der Waals surface area contributed by atoms with Crippen LogP contribution in [-0.2, 0) is 4.79 Å². The van der Waals surface area contributed by atoms with E-state index in [9.17, 15) is 14.9 Å². The Kier molecular flexibility index (Phi) is 5.67. The molecule has 1 aliphatic heterocycles. The van der Waals surface area contributed by atoms with Crippen LogP contribution >= 0.6 is 47.3 Å². The van der Waals surface area contributed by atoms with Gasteiger partial charge in [0.25, 0.3) is 11.6 Å². The topological polar surface area (TPSA) is 63.5 Å². The number of rotatable bonds is 4. The summed E-state index contributed by atoms with van der Waals surface area (Å²) in [5, 5.41) is 11.3. The average Bonchev–Trinajstić information content (AvgIpc) is 2.90. The van der Waals surface area contributed by atoms with Crippen molar-refractivity contribution in [3.63, 3.8) is 0 Å². The zero-order valence-corrected chi connectivity index (χ0v) is 16.5. The Balaban J connectivity index is 1.97. The van der Waals surface area contributed by atoms with Crippen molar-refractivity contribution in [3.05, 3.63) is 68.1 Å². The van der Waals surface area contributed by atoms with E-state index in [2.05, 4.69) is 0 Å². The normalized spacial score (nSPS) is 15.8. The molecule has 1 saturated heterocycles. The second-order valence-electron chi connectivity index (χ2n) is 5.18. The number of hydrogen-bond donors (Lipinski definition) is 0. The van der Waals surface area contributed by atoms with Crippen LogP contribution in [0.25, 0.3) is 6.08 Å². The lowest BCUT2D eigenvalue weighted by Gasteiger charge is -2.15. The molecule has 132 valence electrons. The van der Waals surface area contributed by atoms with E-state index in [-0.39, 0.29) is 11.6 Å². The first-order valence-corrected chi connectivity index (χ1v) is 10.1. The molecule has 0 unspecified atom stereocenters. The van der Waals surface area contributed by atoms with E-state index in [1.807, 2.05) is 30.5 Å². The largest absolute Gasteiger partial charge is 0.270 e. The highest BCUT2D eigenvalue weighted by atomic mass is 35.5. The highest BCUT2D eigenvalue weighted by Crippen LogP contribution is 2.38. The van der Waals surface area contributed by atoms with Crippen molar-refractivity contribution in [1.82, 2.24) is 0 Å². The van der Waals surface area contributed by atoms with Crippen LogP contribution in [0.15, 0.2) is 52.3 Å². The van der Waals surface area contributed by atoms with Crippen LogP contribution in [0.5, 0.6) is 0 Å². The molecule has 0 saturated carbocycles. The Labute approximate surface area is 168 Å². The number of nitro groups is 1. The van der Waals surface area contributed by atoms with Crippen LogP contribution < -0.4 is 4.90 Å². The van der Waals surface area contributed by atoms with Crippen molar-refractivity contribution >= 4 is 75.0 Å². The molecule has 1 fully saturated rings. The highest BCUT2D eigenvalue weighted by Gasteiger charge is 2.33. The number of benzene rings is 2. The summed E-state index contributed by atoms with van der Waals surface area (Å²) in [6, 6.07) is 11.6. The summed E-state index contributed by atoms with van der Waals surface area (Å²) in [5.41, 5.74) is 0.996. The van der Waals surface area contributed by atoms with Gasteiger partial charge in [-0.3, -0.25) is 19.8 Å². The lowest BCUT2D eigenvalue weighted by atomic mass is 10.2. The lowest BCUT2D eigenvalue weighted by Crippen LogP contribution is -2.27. The molecule has 1 heterocycles. The highest BCUT2D eigenvalue weighted by molar-refractivity contribution is 8.27. The molecular weight excluding hydrogens is 412 g/mol. The van der Waals surface area contributed by atoms with Crippen LogP contribution in [0.1, 0.15) is 5.56 Å². The van der Waals surface area contributed by atoms with Crippen LogP contribution in [0.2, 0.25) is 5.02 Å². The van der Waals surface area contributed by atoms with Crippen LogP contribution in [0.4, 0.5) is 11.4 Å². The number of carbonyl (C=O) groups is 1. The zero-order valence-electron chi connectivity index (χ0n) is 13.3. The van der Waals surface area contributed by atoms with Gasteiger partial charge in [0, 0.05) is 27.6 Å². The zero-order chi connectivity index (χ0) is 18.8.